The van der Waals surface area contributed by atoms with E-state index in [2.05, 4.69) is 10.4 Å². The van der Waals surface area contributed by atoms with Crippen molar-refractivity contribution in [3.05, 3.63) is 36.2 Å². The molecule has 2 aromatic rings. The van der Waals surface area contributed by atoms with Crippen LogP contribution in [0.3, 0.4) is 0 Å². The summed E-state index contributed by atoms with van der Waals surface area (Å²) < 4.78 is 1.99. The number of piperidine rings is 1. The van der Waals surface area contributed by atoms with Gasteiger partial charge >= 0.3 is 0 Å². The Labute approximate surface area is 119 Å². The number of phenols is 1. The number of aromatic nitrogens is 2. The van der Waals surface area contributed by atoms with Crippen molar-refractivity contribution in [2.24, 2.45) is 13.0 Å². The van der Waals surface area contributed by atoms with Gasteiger partial charge in [0.05, 0.1) is 6.20 Å². The molecule has 20 heavy (non-hydrogen) atoms. The van der Waals surface area contributed by atoms with Crippen LogP contribution in [-0.2, 0) is 13.5 Å². The third-order valence-electron chi connectivity index (χ3n) is 4.18. The molecule has 0 atom stereocenters. The lowest BCUT2D eigenvalue weighted by atomic mass is 9.91. The summed E-state index contributed by atoms with van der Waals surface area (Å²) in [5.74, 6) is 1.04. The minimum atomic E-state index is 0.303. The van der Waals surface area contributed by atoms with Gasteiger partial charge in [0.15, 0.2) is 0 Å². The van der Waals surface area contributed by atoms with E-state index in [1.807, 2.05) is 30.1 Å². The first kappa shape index (κ1) is 13.2. The van der Waals surface area contributed by atoms with Crippen molar-refractivity contribution >= 4 is 0 Å². The van der Waals surface area contributed by atoms with Crippen LogP contribution in [0.2, 0.25) is 0 Å². The van der Waals surface area contributed by atoms with Gasteiger partial charge in [0.1, 0.15) is 5.75 Å². The zero-order valence-electron chi connectivity index (χ0n) is 11.8. The molecule has 2 heterocycles. The largest absolute Gasteiger partial charge is 0.508 e. The Morgan fingerprint density at radius 1 is 1.25 bits per heavy atom. The normalized spacial score (nSPS) is 16.4. The van der Waals surface area contributed by atoms with Gasteiger partial charge in [-0.1, -0.05) is 12.1 Å². The van der Waals surface area contributed by atoms with Crippen LogP contribution < -0.4 is 5.32 Å². The molecule has 4 nitrogen and oxygen atoms in total. The van der Waals surface area contributed by atoms with E-state index in [1.165, 1.54) is 24.1 Å². The monoisotopic (exact) mass is 271 g/mol. The van der Waals surface area contributed by atoms with Gasteiger partial charge in [-0.2, -0.15) is 5.10 Å². The molecule has 1 aliphatic rings. The van der Waals surface area contributed by atoms with Crippen molar-refractivity contribution in [2.45, 2.75) is 19.3 Å². The van der Waals surface area contributed by atoms with Crippen molar-refractivity contribution in [2.75, 3.05) is 13.1 Å². The molecule has 106 valence electrons. The molecule has 0 saturated carbocycles. The maximum absolute atomic E-state index is 9.41. The lowest BCUT2D eigenvalue weighted by molar-refractivity contribution is 0.366. The first-order valence-electron chi connectivity index (χ1n) is 7.25. The number of nitrogens with zero attached hydrogens (tertiary/aromatic N) is 2. The van der Waals surface area contributed by atoms with Crippen molar-refractivity contribution in [1.29, 1.82) is 0 Å². The van der Waals surface area contributed by atoms with Gasteiger partial charge < -0.3 is 10.4 Å². The van der Waals surface area contributed by atoms with Crippen molar-refractivity contribution < 1.29 is 5.11 Å². The van der Waals surface area contributed by atoms with Gasteiger partial charge in [0, 0.05) is 18.3 Å². The quantitative estimate of drug-likeness (QED) is 0.901. The summed E-state index contributed by atoms with van der Waals surface area (Å²) in [6.45, 7) is 2.24. The molecule has 1 aromatic heterocycles. The fourth-order valence-corrected chi connectivity index (χ4v) is 2.95. The molecular weight excluding hydrogens is 250 g/mol. The first-order valence-corrected chi connectivity index (χ1v) is 7.25. The van der Waals surface area contributed by atoms with Crippen LogP contribution in [0.25, 0.3) is 11.1 Å². The van der Waals surface area contributed by atoms with Gasteiger partial charge in [-0.05, 0) is 56.0 Å². The molecule has 0 radical (unpaired) electrons. The summed E-state index contributed by atoms with van der Waals surface area (Å²) in [5.41, 5.74) is 3.61. The van der Waals surface area contributed by atoms with Gasteiger partial charge in [-0.25, -0.2) is 0 Å². The van der Waals surface area contributed by atoms with Crippen LogP contribution in [-0.4, -0.2) is 28.0 Å². The average molecular weight is 271 g/mol. The minimum absolute atomic E-state index is 0.303. The van der Waals surface area contributed by atoms with Crippen LogP contribution >= 0.6 is 0 Å². The van der Waals surface area contributed by atoms with Crippen LogP contribution in [0.4, 0.5) is 0 Å². The minimum Gasteiger partial charge on any atom is -0.508 e. The Bertz CT molecular complexity index is 568. The summed E-state index contributed by atoms with van der Waals surface area (Å²) in [6.07, 6.45) is 5.48. The van der Waals surface area contributed by atoms with Gasteiger partial charge in [0.25, 0.3) is 0 Å². The highest BCUT2D eigenvalue weighted by atomic mass is 16.3. The third kappa shape index (κ3) is 2.70. The Kier molecular flexibility index (Phi) is 3.74. The predicted octanol–water partition coefficient (Wildman–Crippen LogP) is 2.33. The van der Waals surface area contributed by atoms with E-state index in [-0.39, 0.29) is 0 Å². The molecule has 0 bridgehead atoms. The average Bonchev–Trinajstić information content (AvgIpc) is 2.83. The van der Waals surface area contributed by atoms with E-state index in [0.29, 0.717) is 5.75 Å². The standard InChI is InChI=1S/C16H21N3O/c1-19-16(10-12-6-8-17-9-7-12)15(11-18-19)13-2-4-14(20)5-3-13/h2-5,11-12,17,20H,6-10H2,1H3. The van der Waals surface area contributed by atoms with E-state index in [4.69, 9.17) is 0 Å². The summed E-state index contributed by atoms with van der Waals surface area (Å²) in [4.78, 5) is 0. The first-order chi connectivity index (χ1) is 9.74. The smallest absolute Gasteiger partial charge is 0.115 e. The molecule has 0 unspecified atom stereocenters. The van der Waals surface area contributed by atoms with Crippen LogP contribution in [0.5, 0.6) is 5.75 Å². The van der Waals surface area contributed by atoms with Crippen LogP contribution in [0.1, 0.15) is 18.5 Å². The third-order valence-corrected chi connectivity index (χ3v) is 4.18. The number of benzene rings is 1. The fourth-order valence-electron chi connectivity index (χ4n) is 2.95. The zero-order valence-corrected chi connectivity index (χ0v) is 11.8. The van der Waals surface area contributed by atoms with E-state index in [1.54, 1.807) is 12.1 Å². The second-order valence-electron chi connectivity index (χ2n) is 5.57. The van der Waals surface area contributed by atoms with Crippen molar-refractivity contribution in [3.63, 3.8) is 0 Å². The maximum atomic E-state index is 9.41. The molecule has 4 heteroatoms. The zero-order chi connectivity index (χ0) is 13.9. The number of hydrogen-bond acceptors (Lipinski definition) is 3. The lowest BCUT2D eigenvalue weighted by Gasteiger charge is -2.23. The predicted molar refractivity (Wildman–Crippen MR) is 79.6 cm³/mol. The van der Waals surface area contributed by atoms with E-state index >= 15 is 0 Å². The maximum Gasteiger partial charge on any atom is 0.115 e. The van der Waals surface area contributed by atoms with Crippen LogP contribution in [0.15, 0.2) is 30.5 Å². The molecule has 0 amide bonds. The Balaban J connectivity index is 1.86. The lowest BCUT2D eigenvalue weighted by Crippen LogP contribution is -2.29. The summed E-state index contributed by atoms with van der Waals surface area (Å²) in [5, 5.41) is 17.2. The topological polar surface area (TPSA) is 50.1 Å². The second kappa shape index (κ2) is 5.67. The van der Waals surface area contributed by atoms with Crippen molar-refractivity contribution in [3.8, 4) is 16.9 Å². The fraction of sp³-hybridized carbons (Fsp3) is 0.438. The Morgan fingerprint density at radius 2 is 1.95 bits per heavy atom. The molecule has 2 N–H and O–H groups in total. The SMILES string of the molecule is Cn1ncc(-c2ccc(O)cc2)c1CC1CCNCC1. The molecule has 1 aromatic carbocycles. The van der Waals surface area contributed by atoms with E-state index < -0.39 is 0 Å². The highest BCUT2D eigenvalue weighted by Crippen LogP contribution is 2.28. The molecule has 0 aliphatic carbocycles. The van der Waals surface area contributed by atoms with Gasteiger partial charge in [-0.3, -0.25) is 4.68 Å². The molecular formula is C16H21N3O. The number of phenolic OH excluding ortho intramolecular Hbond substituents is 1. The summed E-state index contributed by atoms with van der Waals surface area (Å²) >= 11 is 0. The van der Waals surface area contributed by atoms with Crippen LogP contribution in [0, 0.1) is 5.92 Å². The molecule has 1 fully saturated rings. The van der Waals surface area contributed by atoms with E-state index in [9.17, 15) is 5.11 Å². The summed E-state index contributed by atoms with van der Waals surface area (Å²) in [6, 6.07) is 7.38. The molecule has 0 spiro atoms. The van der Waals surface area contributed by atoms with Crippen molar-refractivity contribution in [1.82, 2.24) is 15.1 Å². The molecule has 3 rings (SSSR count). The number of rotatable bonds is 3. The second-order valence-corrected chi connectivity index (χ2v) is 5.57. The number of hydrogen-bond donors (Lipinski definition) is 2. The molecule has 1 aliphatic heterocycles. The number of aromatic hydroxyl groups is 1. The van der Waals surface area contributed by atoms with Gasteiger partial charge in [0.2, 0.25) is 0 Å². The Hall–Kier alpha value is -1.81. The van der Waals surface area contributed by atoms with E-state index in [0.717, 1.165) is 31.0 Å². The van der Waals surface area contributed by atoms with Gasteiger partial charge in [-0.15, -0.1) is 0 Å². The Morgan fingerprint density at radius 3 is 2.65 bits per heavy atom. The highest BCUT2D eigenvalue weighted by Gasteiger charge is 2.18. The number of nitrogens with one attached hydrogen (secondary N) is 1. The highest BCUT2D eigenvalue weighted by molar-refractivity contribution is 5.66. The molecule has 1 saturated heterocycles. The summed E-state index contributed by atoms with van der Waals surface area (Å²) in [7, 11) is 2.01. The number of aryl methyl sites for hydroxylation is 1.